The van der Waals surface area contributed by atoms with Gasteiger partial charge in [0.05, 0.1) is 15.4 Å². The highest BCUT2D eigenvalue weighted by atomic mass is 16.6. The summed E-state index contributed by atoms with van der Waals surface area (Å²) in [6.45, 7) is -0.287. The molecule has 1 aliphatic heterocycles. The Labute approximate surface area is 156 Å². The molecule has 0 atom stereocenters. The number of carbonyl (C=O) groups is 3. The summed E-state index contributed by atoms with van der Waals surface area (Å²) in [5.41, 5.74) is -0.864. The van der Waals surface area contributed by atoms with Crippen molar-refractivity contribution < 1.29 is 24.2 Å². The lowest BCUT2D eigenvalue weighted by Gasteiger charge is -2.13. The lowest BCUT2D eigenvalue weighted by atomic mass is 10.1. The molecular weight excluding hydrogens is 372 g/mol. The highest BCUT2D eigenvalue weighted by Crippen LogP contribution is 2.30. The van der Waals surface area contributed by atoms with Gasteiger partial charge < -0.3 is 5.32 Å². The minimum atomic E-state index is -0.838. The summed E-state index contributed by atoms with van der Waals surface area (Å²) in [5, 5.41) is 24.3. The van der Waals surface area contributed by atoms with Crippen molar-refractivity contribution in [2.24, 2.45) is 0 Å². The number of nitro benzene ring substituents is 2. The molecule has 2 aromatic rings. The van der Waals surface area contributed by atoms with Crippen molar-refractivity contribution in [1.29, 1.82) is 0 Å². The highest BCUT2D eigenvalue weighted by molar-refractivity contribution is 6.23. The van der Waals surface area contributed by atoms with Gasteiger partial charge in [0.1, 0.15) is 5.56 Å². The third-order valence-corrected chi connectivity index (χ3v) is 4.08. The van der Waals surface area contributed by atoms with Crippen molar-refractivity contribution in [1.82, 2.24) is 4.90 Å². The fourth-order valence-electron chi connectivity index (χ4n) is 2.80. The van der Waals surface area contributed by atoms with Gasteiger partial charge in [-0.1, -0.05) is 12.1 Å². The molecule has 0 fully saturated rings. The summed E-state index contributed by atoms with van der Waals surface area (Å²) in [4.78, 5) is 58.1. The van der Waals surface area contributed by atoms with E-state index in [0.717, 1.165) is 11.0 Å². The van der Waals surface area contributed by atoms with Crippen LogP contribution in [0.15, 0.2) is 42.5 Å². The first-order valence-corrected chi connectivity index (χ1v) is 7.97. The zero-order valence-corrected chi connectivity index (χ0v) is 14.2. The molecule has 0 saturated carbocycles. The van der Waals surface area contributed by atoms with Crippen molar-refractivity contribution in [2.75, 3.05) is 11.9 Å². The second kappa shape index (κ2) is 7.23. The number of hydrogen-bond acceptors (Lipinski definition) is 7. The van der Waals surface area contributed by atoms with Crippen LogP contribution in [0.3, 0.4) is 0 Å². The summed E-state index contributed by atoms with van der Waals surface area (Å²) in [7, 11) is 0. The van der Waals surface area contributed by atoms with E-state index in [9.17, 15) is 34.6 Å². The fourth-order valence-corrected chi connectivity index (χ4v) is 2.80. The molecule has 1 aliphatic rings. The van der Waals surface area contributed by atoms with Crippen LogP contribution in [-0.2, 0) is 4.79 Å². The predicted molar refractivity (Wildman–Crippen MR) is 94.8 cm³/mol. The molecule has 1 heterocycles. The number of nitro groups is 2. The second-order valence-corrected chi connectivity index (χ2v) is 5.82. The van der Waals surface area contributed by atoms with Crippen molar-refractivity contribution in [2.45, 2.75) is 6.42 Å². The number of nitrogens with zero attached hydrogens (tertiary/aromatic N) is 3. The number of benzene rings is 2. The number of hydrogen-bond donors (Lipinski definition) is 1. The molecular formula is C17H12N4O7. The third-order valence-electron chi connectivity index (χ3n) is 4.08. The lowest BCUT2D eigenvalue weighted by molar-refractivity contribution is -0.385. The molecule has 3 rings (SSSR count). The summed E-state index contributed by atoms with van der Waals surface area (Å²) >= 11 is 0. The van der Waals surface area contributed by atoms with Gasteiger partial charge in [0.2, 0.25) is 5.91 Å². The minimum absolute atomic E-state index is 0.0849. The van der Waals surface area contributed by atoms with Crippen molar-refractivity contribution in [3.05, 3.63) is 73.8 Å². The Bertz CT molecular complexity index is 1030. The normalized spacial score (nSPS) is 12.6. The first-order valence-electron chi connectivity index (χ1n) is 7.97. The smallest absolute Gasteiger partial charge is 0.282 e. The average Bonchev–Trinajstić information content (AvgIpc) is 2.90. The molecule has 28 heavy (non-hydrogen) atoms. The molecule has 0 bridgehead atoms. The van der Waals surface area contributed by atoms with Crippen LogP contribution in [0.25, 0.3) is 0 Å². The number of carbonyl (C=O) groups excluding carboxylic acids is 3. The fraction of sp³-hybridized carbons (Fsp3) is 0.118. The SMILES string of the molecule is O=C(CCN1C(=O)c2cccc([N+](=O)[O-])c2C1=O)Nc1cccc([N+](=O)[O-])c1. The van der Waals surface area contributed by atoms with Gasteiger partial charge in [0.15, 0.2) is 0 Å². The maximum absolute atomic E-state index is 12.4. The molecule has 3 amide bonds. The minimum Gasteiger partial charge on any atom is -0.326 e. The number of amides is 3. The molecule has 0 spiro atoms. The van der Waals surface area contributed by atoms with Gasteiger partial charge in [-0.05, 0) is 12.1 Å². The summed E-state index contributed by atoms with van der Waals surface area (Å²) in [6, 6.07) is 9.03. The van der Waals surface area contributed by atoms with Gasteiger partial charge in [-0.25, -0.2) is 0 Å². The molecule has 11 nitrogen and oxygen atoms in total. The molecule has 0 aliphatic carbocycles. The molecule has 0 unspecified atom stereocenters. The molecule has 0 aromatic heterocycles. The van der Waals surface area contributed by atoms with E-state index in [1.165, 1.54) is 36.4 Å². The van der Waals surface area contributed by atoms with Gasteiger partial charge in [-0.2, -0.15) is 0 Å². The first kappa shape index (κ1) is 18.6. The van der Waals surface area contributed by atoms with E-state index in [2.05, 4.69) is 5.32 Å². The van der Waals surface area contributed by atoms with E-state index in [4.69, 9.17) is 0 Å². The standard InChI is InChI=1S/C17H12N4O7/c22-14(18-10-3-1-4-11(9-10)20(25)26)7-8-19-16(23)12-5-2-6-13(21(27)28)15(12)17(19)24/h1-6,9H,7-8H2,(H,18,22). The Morgan fingerprint density at radius 1 is 1.00 bits per heavy atom. The van der Waals surface area contributed by atoms with Crippen LogP contribution in [0.5, 0.6) is 0 Å². The van der Waals surface area contributed by atoms with Gasteiger partial charge in [0, 0.05) is 36.9 Å². The maximum Gasteiger partial charge on any atom is 0.282 e. The highest BCUT2D eigenvalue weighted by Gasteiger charge is 2.40. The van der Waals surface area contributed by atoms with Crippen molar-refractivity contribution in [3.8, 4) is 0 Å². The largest absolute Gasteiger partial charge is 0.326 e. The topological polar surface area (TPSA) is 153 Å². The van der Waals surface area contributed by atoms with Crippen LogP contribution >= 0.6 is 0 Å². The maximum atomic E-state index is 12.4. The van der Waals surface area contributed by atoms with E-state index >= 15 is 0 Å². The molecule has 2 aromatic carbocycles. The Morgan fingerprint density at radius 2 is 1.71 bits per heavy atom. The molecule has 11 heteroatoms. The van der Waals surface area contributed by atoms with E-state index in [1.54, 1.807) is 0 Å². The number of non-ortho nitro benzene ring substituents is 1. The van der Waals surface area contributed by atoms with Gasteiger partial charge in [-0.3, -0.25) is 39.5 Å². The van der Waals surface area contributed by atoms with Crippen LogP contribution in [0.4, 0.5) is 17.1 Å². The Kier molecular flexibility index (Phi) is 4.81. The number of anilines is 1. The molecule has 1 N–H and O–H groups in total. The van der Waals surface area contributed by atoms with Gasteiger partial charge in [0.25, 0.3) is 23.2 Å². The third kappa shape index (κ3) is 3.40. The second-order valence-electron chi connectivity index (χ2n) is 5.82. The number of imide groups is 1. The van der Waals surface area contributed by atoms with E-state index in [0.29, 0.717) is 0 Å². The molecule has 142 valence electrons. The summed E-state index contributed by atoms with van der Waals surface area (Å²) < 4.78 is 0. The van der Waals surface area contributed by atoms with Crippen LogP contribution in [0.1, 0.15) is 27.1 Å². The predicted octanol–water partition coefficient (Wildman–Crippen LogP) is 2.13. The average molecular weight is 384 g/mol. The zero-order chi connectivity index (χ0) is 20.4. The van der Waals surface area contributed by atoms with E-state index in [-0.39, 0.29) is 35.5 Å². The summed E-state index contributed by atoms with van der Waals surface area (Å²) in [5.74, 6) is -2.13. The Balaban J connectivity index is 1.69. The monoisotopic (exact) mass is 384 g/mol. The lowest BCUT2D eigenvalue weighted by Crippen LogP contribution is -2.33. The van der Waals surface area contributed by atoms with Crippen molar-refractivity contribution in [3.63, 3.8) is 0 Å². The number of rotatable bonds is 6. The van der Waals surface area contributed by atoms with E-state index in [1.807, 2.05) is 0 Å². The van der Waals surface area contributed by atoms with Crippen LogP contribution in [0, 0.1) is 20.2 Å². The van der Waals surface area contributed by atoms with E-state index < -0.39 is 33.3 Å². The van der Waals surface area contributed by atoms with Gasteiger partial charge >= 0.3 is 0 Å². The number of nitrogens with one attached hydrogen (secondary N) is 1. The first-order chi connectivity index (χ1) is 13.3. The van der Waals surface area contributed by atoms with Crippen LogP contribution < -0.4 is 5.32 Å². The number of fused-ring (bicyclic) bond motifs is 1. The van der Waals surface area contributed by atoms with Crippen LogP contribution in [0.2, 0.25) is 0 Å². The quantitative estimate of drug-likeness (QED) is 0.455. The summed E-state index contributed by atoms with van der Waals surface area (Å²) in [6.07, 6.45) is -0.276. The Hall–Kier alpha value is -4.15. The van der Waals surface area contributed by atoms with Crippen molar-refractivity contribution >= 4 is 34.8 Å². The Morgan fingerprint density at radius 3 is 2.39 bits per heavy atom. The molecule has 0 saturated heterocycles. The molecule has 0 radical (unpaired) electrons. The zero-order valence-electron chi connectivity index (χ0n) is 14.2. The van der Waals surface area contributed by atoms with Crippen LogP contribution in [-0.4, -0.2) is 39.0 Å². The van der Waals surface area contributed by atoms with Gasteiger partial charge in [-0.15, -0.1) is 0 Å².